The van der Waals surface area contributed by atoms with Crippen LogP contribution in [0.1, 0.15) is 11.1 Å². The second-order valence-corrected chi connectivity index (χ2v) is 5.42. The Morgan fingerprint density at radius 2 is 1.77 bits per heavy atom. The standard InChI is InChI=1S/C18H13F4NO3/c19-14-9-12(18(20,21)22)3-1-11(14)2-6-17(24)23-13-4-5-15-16(10-13)26-8-7-25-15/h1-6,9-10H,7-8H2,(H,23,24). The van der Waals surface area contributed by atoms with Crippen LogP contribution in [0.4, 0.5) is 23.2 Å². The highest BCUT2D eigenvalue weighted by Gasteiger charge is 2.30. The van der Waals surface area contributed by atoms with Gasteiger partial charge in [-0.1, -0.05) is 6.07 Å². The van der Waals surface area contributed by atoms with E-state index in [0.717, 1.165) is 24.3 Å². The molecular formula is C18H13F4NO3. The van der Waals surface area contributed by atoms with Gasteiger partial charge in [0.05, 0.1) is 5.56 Å². The zero-order valence-electron chi connectivity index (χ0n) is 13.3. The molecule has 0 aliphatic carbocycles. The lowest BCUT2D eigenvalue weighted by Gasteiger charge is -2.18. The first-order valence-electron chi connectivity index (χ1n) is 7.58. The van der Waals surface area contributed by atoms with Gasteiger partial charge in [-0.3, -0.25) is 4.79 Å². The van der Waals surface area contributed by atoms with E-state index < -0.39 is 23.5 Å². The number of amides is 1. The summed E-state index contributed by atoms with van der Waals surface area (Å²) in [6.07, 6.45) is -2.50. The smallest absolute Gasteiger partial charge is 0.416 e. The summed E-state index contributed by atoms with van der Waals surface area (Å²) in [7, 11) is 0. The maximum Gasteiger partial charge on any atom is 0.416 e. The minimum atomic E-state index is -4.63. The number of nitrogens with one attached hydrogen (secondary N) is 1. The average molecular weight is 367 g/mol. The van der Waals surface area contributed by atoms with Gasteiger partial charge in [0.15, 0.2) is 11.5 Å². The first kappa shape index (κ1) is 17.8. The molecule has 3 rings (SSSR count). The van der Waals surface area contributed by atoms with Gasteiger partial charge in [-0.05, 0) is 30.3 Å². The number of carbonyl (C=O) groups excluding carboxylic acids is 1. The maximum absolute atomic E-state index is 13.7. The van der Waals surface area contributed by atoms with E-state index in [4.69, 9.17) is 9.47 Å². The fourth-order valence-corrected chi connectivity index (χ4v) is 2.31. The van der Waals surface area contributed by atoms with Gasteiger partial charge in [0.2, 0.25) is 5.91 Å². The Balaban J connectivity index is 1.68. The number of benzene rings is 2. The largest absolute Gasteiger partial charge is 0.486 e. The monoisotopic (exact) mass is 367 g/mol. The lowest BCUT2D eigenvalue weighted by molar-refractivity contribution is -0.137. The molecule has 1 amide bonds. The lowest BCUT2D eigenvalue weighted by Crippen LogP contribution is -2.16. The fraction of sp³-hybridized carbons (Fsp3) is 0.167. The summed E-state index contributed by atoms with van der Waals surface area (Å²) < 4.78 is 62.0. The highest BCUT2D eigenvalue weighted by atomic mass is 19.4. The van der Waals surface area contributed by atoms with Crippen molar-refractivity contribution in [1.29, 1.82) is 0 Å². The molecule has 136 valence electrons. The van der Waals surface area contributed by atoms with Gasteiger partial charge in [0.1, 0.15) is 19.0 Å². The van der Waals surface area contributed by atoms with Crippen LogP contribution in [0.5, 0.6) is 11.5 Å². The van der Waals surface area contributed by atoms with E-state index >= 15 is 0 Å². The van der Waals surface area contributed by atoms with Crippen LogP contribution in [0.25, 0.3) is 6.08 Å². The molecule has 1 N–H and O–H groups in total. The van der Waals surface area contributed by atoms with Crippen molar-refractivity contribution < 1.29 is 31.8 Å². The summed E-state index contributed by atoms with van der Waals surface area (Å²) in [5.74, 6) is -0.576. The Kier molecular flexibility index (Phi) is 4.83. The summed E-state index contributed by atoms with van der Waals surface area (Å²) in [5.41, 5.74) is -0.778. The number of halogens is 4. The van der Waals surface area contributed by atoms with Gasteiger partial charge >= 0.3 is 6.18 Å². The van der Waals surface area contributed by atoms with E-state index in [1.54, 1.807) is 18.2 Å². The van der Waals surface area contributed by atoms with Gasteiger partial charge in [-0.2, -0.15) is 13.2 Å². The Hall–Kier alpha value is -3.03. The molecule has 26 heavy (non-hydrogen) atoms. The summed E-state index contributed by atoms with van der Waals surface area (Å²) in [4.78, 5) is 11.9. The minimum absolute atomic E-state index is 0.129. The van der Waals surface area contributed by atoms with Gasteiger partial charge in [0, 0.05) is 23.4 Å². The van der Waals surface area contributed by atoms with E-state index in [-0.39, 0.29) is 5.56 Å². The summed E-state index contributed by atoms with van der Waals surface area (Å²) in [5, 5.41) is 2.55. The molecular weight excluding hydrogens is 354 g/mol. The molecule has 0 saturated heterocycles. The van der Waals surface area contributed by atoms with Crippen LogP contribution in [0, 0.1) is 5.82 Å². The Bertz CT molecular complexity index is 862. The number of fused-ring (bicyclic) bond motifs is 1. The summed E-state index contributed by atoms with van der Waals surface area (Å²) in [6, 6.07) is 6.94. The number of hydrogen-bond acceptors (Lipinski definition) is 3. The van der Waals surface area contributed by atoms with Crippen molar-refractivity contribution in [2.45, 2.75) is 6.18 Å². The van der Waals surface area contributed by atoms with Crippen LogP contribution in [0.3, 0.4) is 0 Å². The molecule has 0 spiro atoms. The van der Waals surface area contributed by atoms with E-state index in [9.17, 15) is 22.4 Å². The zero-order valence-corrected chi connectivity index (χ0v) is 13.3. The molecule has 0 aromatic heterocycles. The first-order valence-corrected chi connectivity index (χ1v) is 7.58. The molecule has 0 radical (unpaired) electrons. The number of rotatable bonds is 3. The third kappa shape index (κ3) is 4.14. The quantitative estimate of drug-likeness (QED) is 0.651. The third-order valence-corrected chi connectivity index (χ3v) is 3.55. The van der Waals surface area contributed by atoms with Crippen molar-refractivity contribution in [1.82, 2.24) is 0 Å². The SMILES string of the molecule is O=C(C=Cc1ccc(C(F)(F)F)cc1F)Nc1ccc2c(c1)OCCO2. The third-order valence-electron chi connectivity index (χ3n) is 3.55. The number of hydrogen-bond donors (Lipinski definition) is 1. The highest BCUT2D eigenvalue weighted by Crippen LogP contribution is 2.33. The summed E-state index contributed by atoms with van der Waals surface area (Å²) >= 11 is 0. The molecule has 0 atom stereocenters. The Labute approximate surface area is 146 Å². The van der Waals surface area contributed by atoms with Crippen LogP contribution in [-0.4, -0.2) is 19.1 Å². The van der Waals surface area contributed by atoms with Crippen LogP contribution in [0.2, 0.25) is 0 Å². The van der Waals surface area contributed by atoms with E-state index in [1.165, 1.54) is 0 Å². The molecule has 0 saturated carbocycles. The van der Waals surface area contributed by atoms with Crippen molar-refractivity contribution in [2.75, 3.05) is 18.5 Å². The predicted octanol–water partition coefficient (Wildman–Crippen LogP) is 4.27. The van der Waals surface area contributed by atoms with Crippen molar-refractivity contribution >= 4 is 17.7 Å². The first-order chi connectivity index (χ1) is 12.3. The molecule has 2 aromatic rings. The van der Waals surface area contributed by atoms with Crippen molar-refractivity contribution in [3.8, 4) is 11.5 Å². The van der Waals surface area contributed by atoms with Crippen molar-refractivity contribution in [3.63, 3.8) is 0 Å². The molecule has 4 nitrogen and oxygen atoms in total. The van der Waals surface area contributed by atoms with E-state index in [2.05, 4.69) is 5.32 Å². The van der Waals surface area contributed by atoms with Gasteiger partial charge in [-0.25, -0.2) is 4.39 Å². The molecule has 1 aliphatic heterocycles. The Morgan fingerprint density at radius 3 is 2.46 bits per heavy atom. The van der Waals surface area contributed by atoms with Crippen molar-refractivity contribution in [3.05, 3.63) is 59.4 Å². The van der Waals surface area contributed by atoms with Gasteiger partial charge in [0.25, 0.3) is 0 Å². The van der Waals surface area contributed by atoms with Gasteiger partial charge in [-0.15, -0.1) is 0 Å². The summed E-state index contributed by atoms with van der Waals surface area (Å²) in [6.45, 7) is 0.845. The average Bonchev–Trinajstić information content (AvgIpc) is 2.59. The topological polar surface area (TPSA) is 47.6 Å². The number of alkyl halides is 3. The number of carbonyl (C=O) groups is 1. The zero-order chi connectivity index (χ0) is 18.7. The van der Waals surface area contributed by atoms with Gasteiger partial charge < -0.3 is 14.8 Å². The minimum Gasteiger partial charge on any atom is -0.486 e. The molecule has 0 fully saturated rings. The number of anilines is 1. The second kappa shape index (κ2) is 7.07. The lowest BCUT2D eigenvalue weighted by atomic mass is 10.1. The molecule has 1 aliphatic rings. The van der Waals surface area contributed by atoms with Crippen LogP contribution >= 0.6 is 0 Å². The van der Waals surface area contributed by atoms with E-state index in [1.807, 2.05) is 0 Å². The highest BCUT2D eigenvalue weighted by molar-refractivity contribution is 6.02. The van der Waals surface area contributed by atoms with Crippen LogP contribution in [0.15, 0.2) is 42.5 Å². The maximum atomic E-state index is 13.7. The molecule has 8 heteroatoms. The molecule has 0 bridgehead atoms. The fourth-order valence-electron chi connectivity index (χ4n) is 2.31. The predicted molar refractivity (Wildman–Crippen MR) is 86.5 cm³/mol. The van der Waals surface area contributed by atoms with E-state index in [0.29, 0.717) is 36.5 Å². The second-order valence-electron chi connectivity index (χ2n) is 5.42. The molecule has 2 aromatic carbocycles. The Morgan fingerprint density at radius 1 is 1.04 bits per heavy atom. The molecule has 1 heterocycles. The van der Waals surface area contributed by atoms with Crippen molar-refractivity contribution in [2.24, 2.45) is 0 Å². The van der Waals surface area contributed by atoms with Crippen LogP contribution < -0.4 is 14.8 Å². The van der Waals surface area contributed by atoms with Crippen LogP contribution in [-0.2, 0) is 11.0 Å². The number of ether oxygens (including phenoxy) is 2. The normalized spacial score (nSPS) is 13.7. The molecule has 0 unspecified atom stereocenters.